The van der Waals surface area contributed by atoms with Crippen molar-refractivity contribution in [1.29, 1.82) is 0 Å². The molecule has 1 rings (SSSR count). The summed E-state index contributed by atoms with van der Waals surface area (Å²) in [6.07, 6.45) is 5.01. The van der Waals surface area contributed by atoms with Crippen LogP contribution in [0.2, 0.25) is 0 Å². The first-order valence-corrected chi connectivity index (χ1v) is 6.27. The van der Waals surface area contributed by atoms with Gasteiger partial charge in [0.2, 0.25) is 10.0 Å². The summed E-state index contributed by atoms with van der Waals surface area (Å²) in [5.41, 5.74) is -0.329. The first-order chi connectivity index (χ1) is 8.27. The summed E-state index contributed by atoms with van der Waals surface area (Å²) in [5.74, 6) is -0.277. The van der Waals surface area contributed by atoms with Crippen LogP contribution in [0.4, 0.5) is 4.39 Å². The van der Waals surface area contributed by atoms with Gasteiger partial charge in [-0.3, -0.25) is 0 Å². The van der Waals surface area contributed by atoms with Crippen LogP contribution in [0.25, 0.3) is 0 Å². The third-order valence-corrected chi connectivity index (χ3v) is 3.61. The molecule has 0 saturated carbocycles. The fourth-order valence-electron chi connectivity index (χ4n) is 1.17. The van der Waals surface area contributed by atoms with Crippen LogP contribution in [0.1, 0.15) is 17.3 Å². The SMILES string of the molecule is C#CC(C)NS(=O)(=O)c1cc(C(=O)O)ccc1F. The van der Waals surface area contributed by atoms with Gasteiger partial charge < -0.3 is 5.11 Å². The lowest BCUT2D eigenvalue weighted by Gasteiger charge is -2.10. The van der Waals surface area contributed by atoms with E-state index in [1.807, 2.05) is 4.72 Å². The van der Waals surface area contributed by atoms with Gasteiger partial charge in [-0.05, 0) is 25.1 Å². The van der Waals surface area contributed by atoms with Crippen molar-refractivity contribution in [3.05, 3.63) is 29.6 Å². The smallest absolute Gasteiger partial charge is 0.335 e. The van der Waals surface area contributed by atoms with Gasteiger partial charge >= 0.3 is 5.97 Å². The predicted octanol–water partition coefficient (Wildman–Crippen LogP) is 0.824. The topological polar surface area (TPSA) is 83.5 Å². The summed E-state index contributed by atoms with van der Waals surface area (Å²) >= 11 is 0. The number of nitrogens with one attached hydrogen (secondary N) is 1. The molecule has 96 valence electrons. The zero-order valence-corrected chi connectivity index (χ0v) is 10.2. The largest absolute Gasteiger partial charge is 0.478 e. The molecule has 0 aliphatic carbocycles. The Morgan fingerprint density at radius 3 is 2.67 bits per heavy atom. The van der Waals surface area contributed by atoms with Crippen molar-refractivity contribution < 1.29 is 22.7 Å². The van der Waals surface area contributed by atoms with Crippen molar-refractivity contribution >= 4 is 16.0 Å². The van der Waals surface area contributed by atoms with Gasteiger partial charge in [-0.25, -0.2) is 17.6 Å². The summed E-state index contributed by atoms with van der Waals surface area (Å²) in [4.78, 5) is 9.95. The molecule has 0 aliphatic heterocycles. The second kappa shape index (κ2) is 5.16. The van der Waals surface area contributed by atoms with Crippen molar-refractivity contribution in [3.63, 3.8) is 0 Å². The molecule has 0 saturated heterocycles. The van der Waals surface area contributed by atoms with E-state index in [9.17, 15) is 17.6 Å². The number of terminal acetylenes is 1. The van der Waals surface area contributed by atoms with Crippen LogP contribution in [-0.2, 0) is 10.0 Å². The molecule has 2 N–H and O–H groups in total. The molecule has 0 aliphatic rings. The number of halogens is 1. The van der Waals surface area contributed by atoms with Crippen molar-refractivity contribution in [2.75, 3.05) is 0 Å². The molecule has 0 heterocycles. The van der Waals surface area contributed by atoms with Crippen LogP contribution in [-0.4, -0.2) is 25.5 Å². The third-order valence-electron chi connectivity index (χ3n) is 2.05. The molecule has 0 spiro atoms. The van der Waals surface area contributed by atoms with E-state index in [0.29, 0.717) is 0 Å². The zero-order valence-electron chi connectivity index (χ0n) is 9.34. The zero-order chi connectivity index (χ0) is 13.9. The number of carbonyl (C=O) groups is 1. The number of carboxylic acid groups (broad SMARTS) is 1. The maximum Gasteiger partial charge on any atom is 0.335 e. The first kappa shape index (κ1) is 14.2. The minimum atomic E-state index is -4.19. The Bertz CT molecular complexity index is 618. The molecule has 1 atom stereocenters. The standard InChI is InChI=1S/C11H10FNO4S/c1-3-7(2)13-18(16,17)10-6-8(11(14)15)4-5-9(10)12/h1,4-7,13H,2H3,(H,14,15). The summed E-state index contributed by atoms with van der Waals surface area (Å²) in [7, 11) is -4.19. The molecule has 0 amide bonds. The van der Waals surface area contributed by atoms with Gasteiger partial charge in [0, 0.05) is 0 Å². The number of rotatable bonds is 4. The second-order valence-electron chi connectivity index (χ2n) is 3.46. The maximum absolute atomic E-state index is 13.4. The average molecular weight is 271 g/mol. The normalized spacial score (nSPS) is 12.7. The van der Waals surface area contributed by atoms with Gasteiger partial charge in [-0.2, -0.15) is 4.72 Å². The third kappa shape index (κ3) is 3.06. The highest BCUT2D eigenvalue weighted by molar-refractivity contribution is 7.89. The van der Waals surface area contributed by atoms with Crippen molar-refractivity contribution in [1.82, 2.24) is 4.72 Å². The van der Waals surface area contributed by atoms with Crippen molar-refractivity contribution in [3.8, 4) is 12.3 Å². The number of hydrogen-bond donors (Lipinski definition) is 2. The monoisotopic (exact) mass is 271 g/mol. The van der Waals surface area contributed by atoms with E-state index >= 15 is 0 Å². The van der Waals surface area contributed by atoms with Gasteiger partial charge in [-0.1, -0.05) is 5.92 Å². The maximum atomic E-state index is 13.4. The molecule has 0 fully saturated rings. The summed E-state index contributed by atoms with van der Waals surface area (Å²) in [6, 6.07) is 1.66. The van der Waals surface area contributed by atoms with E-state index in [-0.39, 0.29) is 5.56 Å². The Labute approximate surface area is 104 Å². The van der Waals surface area contributed by atoms with E-state index in [1.165, 1.54) is 6.92 Å². The number of aromatic carboxylic acids is 1. The Hall–Kier alpha value is -1.91. The van der Waals surface area contributed by atoms with Gasteiger partial charge in [0.1, 0.15) is 10.7 Å². The molecule has 0 bridgehead atoms. The summed E-state index contributed by atoms with van der Waals surface area (Å²) in [6.45, 7) is 1.40. The minimum Gasteiger partial charge on any atom is -0.478 e. The summed E-state index contributed by atoms with van der Waals surface area (Å²) in [5, 5.41) is 8.72. The van der Waals surface area contributed by atoms with Crippen LogP contribution < -0.4 is 4.72 Å². The second-order valence-corrected chi connectivity index (χ2v) is 5.14. The quantitative estimate of drug-likeness (QED) is 0.794. The van der Waals surface area contributed by atoms with E-state index in [4.69, 9.17) is 11.5 Å². The molecular formula is C11H10FNO4S. The minimum absolute atomic E-state index is 0.329. The van der Waals surface area contributed by atoms with Crippen LogP contribution in [0, 0.1) is 18.2 Å². The first-order valence-electron chi connectivity index (χ1n) is 4.79. The lowest BCUT2D eigenvalue weighted by Crippen LogP contribution is -2.32. The molecule has 1 aromatic rings. The highest BCUT2D eigenvalue weighted by Crippen LogP contribution is 2.16. The Balaban J connectivity index is 3.28. The van der Waals surface area contributed by atoms with Gasteiger partial charge in [0.15, 0.2) is 0 Å². The molecule has 0 aromatic heterocycles. The molecule has 1 aromatic carbocycles. The lowest BCUT2D eigenvalue weighted by atomic mass is 10.2. The predicted molar refractivity (Wildman–Crippen MR) is 62.0 cm³/mol. The molecular weight excluding hydrogens is 261 g/mol. The lowest BCUT2D eigenvalue weighted by molar-refractivity contribution is 0.0696. The van der Waals surface area contributed by atoms with E-state index in [1.54, 1.807) is 0 Å². The highest BCUT2D eigenvalue weighted by atomic mass is 32.2. The van der Waals surface area contributed by atoms with Crippen LogP contribution in [0.15, 0.2) is 23.1 Å². The van der Waals surface area contributed by atoms with E-state index in [0.717, 1.165) is 18.2 Å². The van der Waals surface area contributed by atoms with Gasteiger partial charge in [0.05, 0.1) is 11.6 Å². The summed E-state index contributed by atoms with van der Waals surface area (Å²) < 4.78 is 39.0. The molecule has 0 radical (unpaired) electrons. The van der Waals surface area contributed by atoms with E-state index < -0.39 is 32.7 Å². The average Bonchev–Trinajstić information content (AvgIpc) is 2.28. The number of hydrogen-bond acceptors (Lipinski definition) is 3. The fourth-order valence-corrected chi connectivity index (χ4v) is 2.44. The number of sulfonamides is 1. The highest BCUT2D eigenvalue weighted by Gasteiger charge is 2.22. The molecule has 7 heteroatoms. The van der Waals surface area contributed by atoms with Crippen LogP contribution in [0.5, 0.6) is 0 Å². The Morgan fingerprint density at radius 1 is 1.56 bits per heavy atom. The molecule has 18 heavy (non-hydrogen) atoms. The van der Waals surface area contributed by atoms with E-state index in [2.05, 4.69) is 5.92 Å². The number of carboxylic acids is 1. The van der Waals surface area contributed by atoms with Crippen LogP contribution in [0.3, 0.4) is 0 Å². The fraction of sp³-hybridized carbons (Fsp3) is 0.182. The van der Waals surface area contributed by atoms with Gasteiger partial charge in [0.25, 0.3) is 0 Å². The Kier molecular flexibility index (Phi) is 4.06. The van der Waals surface area contributed by atoms with Gasteiger partial charge in [-0.15, -0.1) is 6.42 Å². The number of benzene rings is 1. The van der Waals surface area contributed by atoms with Crippen LogP contribution >= 0.6 is 0 Å². The Morgan fingerprint density at radius 2 is 2.17 bits per heavy atom. The van der Waals surface area contributed by atoms with Crippen molar-refractivity contribution in [2.45, 2.75) is 17.9 Å². The molecule has 1 unspecified atom stereocenters. The molecule has 5 nitrogen and oxygen atoms in total. The van der Waals surface area contributed by atoms with Crippen molar-refractivity contribution in [2.24, 2.45) is 0 Å².